The highest BCUT2D eigenvalue weighted by Crippen LogP contribution is 2.47. The zero-order valence-electron chi connectivity index (χ0n) is 18.9. The van der Waals surface area contributed by atoms with Gasteiger partial charge in [-0.25, -0.2) is 9.18 Å². The van der Waals surface area contributed by atoms with Crippen molar-refractivity contribution in [1.29, 1.82) is 0 Å². The smallest absolute Gasteiger partial charge is 0.409 e. The van der Waals surface area contributed by atoms with Crippen LogP contribution in [0.1, 0.15) is 51.5 Å². The fourth-order valence-corrected chi connectivity index (χ4v) is 5.50. The molecular formula is C24H32FN3O4. The standard InChI is InChI=1S/C24H32FN3O4/c1-3-21(29)22(30)28-16-24(19-15-17(25)5-6-20(19)28)9-13-26(14-10-24)18-7-11-27(12-8-18)23(31)32-4-2/h5-6,15,18H,3-4,7-14,16H2,1-2H3. The molecule has 3 heterocycles. The highest BCUT2D eigenvalue weighted by molar-refractivity contribution is 6.41. The van der Waals surface area contributed by atoms with E-state index in [0.717, 1.165) is 44.3 Å². The molecule has 4 rings (SSSR count). The van der Waals surface area contributed by atoms with Gasteiger partial charge in [-0.3, -0.25) is 9.59 Å². The van der Waals surface area contributed by atoms with Crippen molar-refractivity contribution in [3.05, 3.63) is 29.6 Å². The number of rotatable bonds is 4. The summed E-state index contributed by atoms with van der Waals surface area (Å²) in [5, 5.41) is 0. The van der Waals surface area contributed by atoms with Gasteiger partial charge in [0.25, 0.3) is 5.91 Å². The lowest BCUT2D eigenvalue weighted by atomic mass is 9.74. The third-order valence-corrected chi connectivity index (χ3v) is 7.35. The molecule has 7 nitrogen and oxygen atoms in total. The van der Waals surface area contributed by atoms with Gasteiger partial charge in [-0.05, 0) is 69.5 Å². The molecule has 1 aromatic rings. The Hall–Kier alpha value is -2.48. The Kier molecular flexibility index (Phi) is 6.51. The fraction of sp³-hybridized carbons (Fsp3) is 0.625. The molecule has 3 aliphatic heterocycles. The fourth-order valence-electron chi connectivity index (χ4n) is 5.50. The number of benzene rings is 1. The Morgan fingerprint density at radius 2 is 1.78 bits per heavy atom. The SMILES string of the molecule is CCOC(=O)N1CCC(N2CCC3(CC2)CN(C(=O)C(=O)CC)c2ccc(F)cc23)CC1. The molecule has 0 saturated carbocycles. The minimum Gasteiger partial charge on any atom is -0.450 e. The Balaban J connectivity index is 1.44. The van der Waals surface area contributed by atoms with E-state index in [-0.39, 0.29) is 23.7 Å². The van der Waals surface area contributed by atoms with Crippen LogP contribution in [0.25, 0.3) is 0 Å². The van der Waals surface area contributed by atoms with Crippen LogP contribution in [-0.2, 0) is 19.7 Å². The second-order valence-electron chi connectivity index (χ2n) is 9.06. The van der Waals surface area contributed by atoms with Gasteiger partial charge >= 0.3 is 6.09 Å². The van der Waals surface area contributed by atoms with Crippen LogP contribution >= 0.6 is 0 Å². The molecule has 32 heavy (non-hydrogen) atoms. The normalized spacial score (nSPS) is 21.0. The highest BCUT2D eigenvalue weighted by Gasteiger charge is 2.48. The van der Waals surface area contributed by atoms with Gasteiger partial charge in [0.2, 0.25) is 5.78 Å². The van der Waals surface area contributed by atoms with E-state index in [0.29, 0.717) is 38.0 Å². The first-order valence-electron chi connectivity index (χ1n) is 11.7. The van der Waals surface area contributed by atoms with Crippen molar-refractivity contribution in [2.45, 2.75) is 57.4 Å². The number of carbonyl (C=O) groups is 3. The molecule has 0 aliphatic carbocycles. The van der Waals surface area contributed by atoms with Crippen LogP contribution in [0.4, 0.5) is 14.9 Å². The number of fused-ring (bicyclic) bond motifs is 2. The van der Waals surface area contributed by atoms with Gasteiger partial charge in [0.1, 0.15) is 5.82 Å². The molecule has 0 N–H and O–H groups in total. The zero-order valence-corrected chi connectivity index (χ0v) is 18.9. The van der Waals surface area contributed by atoms with Gasteiger partial charge in [0.15, 0.2) is 0 Å². The lowest BCUT2D eigenvalue weighted by molar-refractivity contribution is -0.136. The maximum Gasteiger partial charge on any atom is 0.409 e. The van der Waals surface area contributed by atoms with Crippen LogP contribution in [0.15, 0.2) is 18.2 Å². The van der Waals surface area contributed by atoms with E-state index in [1.807, 2.05) is 6.92 Å². The second-order valence-corrected chi connectivity index (χ2v) is 9.06. The summed E-state index contributed by atoms with van der Waals surface area (Å²) in [4.78, 5) is 42.6. The first-order chi connectivity index (χ1) is 15.4. The number of halogens is 1. The number of hydrogen-bond acceptors (Lipinski definition) is 5. The number of amides is 2. The summed E-state index contributed by atoms with van der Waals surface area (Å²) >= 11 is 0. The number of anilines is 1. The number of hydrogen-bond donors (Lipinski definition) is 0. The maximum absolute atomic E-state index is 14.2. The van der Waals surface area contributed by atoms with Crippen molar-refractivity contribution in [3.63, 3.8) is 0 Å². The monoisotopic (exact) mass is 445 g/mol. The first-order valence-corrected chi connectivity index (χ1v) is 11.7. The predicted molar refractivity (Wildman–Crippen MR) is 118 cm³/mol. The maximum atomic E-state index is 14.2. The van der Waals surface area contributed by atoms with E-state index in [2.05, 4.69) is 4.90 Å². The Bertz CT molecular complexity index is 889. The minimum atomic E-state index is -0.494. The van der Waals surface area contributed by atoms with E-state index in [1.54, 1.807) is 28.9 Å². The number of Topliss-reactive ketones (excluding diaryl/α,β-unsaturated/α-hetero) is 1. The Morgan fingerprint density at radius 1 is 1.09 bits per heavy atom. The molecule has 0 bridgehead atoms. The summed E-state index contributed by atoms with van der Waals surface area (Å²) in [6, 6.07) is 4.96. The molecule has 1 spiro atoms. The third-order valence-electron chi connectivity index (χ3n) is 7.35. The molecule has 2 amide bonds. The highest BCUT2D eigenvalue weighted by atomic mass is 19.1. The number of piperidine rings is 2. The van der Waals surface area contributed by atoms with E-state index in [1.165, 1.54) is 6.07 Å². The van der Waals surface area contributed by atoms with E-state index >= 15 is 0 Å². The summed E-state index contributed by atoms with van der Waals surface area (Å²) in [7, 11) is 0. The predicted octanol–water partition coefficient (Wildman–Crippen LogP) is 3.11. The zero-order chi connectivity index (χ0) is 22.9. The van der Waals surface area contributed by atoms with Crippen molar-refractivity contribution in [2.24, 2.45) is 0 Å². The first kappa shape index (κ1) is 22.7. The molecular weight excluding hydrogens is 413 g/mol. The molecule has 3 aliphatic rings. The molecule has 0 unspecified atom stereocenters. The average Bonchev–Trinajstić information content (AvgIpc) is 3.12. The second kappa shape index (κ2) is 9.17. The van der Waals surface area contributed by atoms with Gasteiger partial charge in [-0.15, -0.1) is 0 Å². The van der Waals surface area contributed by atoms with E-state index in [4.69, 9.17) is 4.74 Å². The Labute approximate surface area is 188 Å². The number of likely N-dealkylation sites (tertiary alicyclic amines) is 2. The molecule has 1 aromatic carbocycles. The number of ketones is 1. The minimum absolute atomic E-state index is 0.164. The number of ether oxygens (including phenoxy) is 1. The molecule has 174 valence electrons. The molecule has 0 radical (unpaired) electrons. The summed E-state index contributed by atoms with van der Waals surface area (Å²) < 4.78 is 19.3. The third kappa shape index (κ3) is 4.12. The van der Waals surface area contributed by atoms with Crippen LogP contribution in [0.5, 0.6) is 0 Å². The van der Waals surface area contributed by atoms with Crippen LogP contribution < -0.4 is 4.90 Å². The lowest BCUT2D eigenvalue weighted by Gasteiger charge is -2.45. The lowest BCUT2D eigenvalue weighted by Crippen LogP contribution is -2.52. The quantitative estimate of drug-likeness (QED) is 0.666. The molecule has 2 fully saturated rings. The van der Waals surface area contributed by atoms with Crippen molar-refractivity contribution in [3.8, 4) is 0 Å². The summed E-state index contributed by atoms with van der Waals surface area (Å²) in [5.74, 6) is -1.22. The van der Waals surface area contributed by atoms with Gasteiger partial charge in [0.05, 0.1) is 6.61 Å². The van der Waals surface area contributed by atoms with Crippen molar-refractivity contribution in [1.82, 2.24) is 9.80 Å². The summed E-state index contributed by atoms with van der Waals surface area (Å²) in [6.45, 7) is 7.41. The van der Waals surface area contributed by atoms with Crippen LogP contribution in [0, 0.1) is 5.82 Å². The number of nitrogens with zero attached hydrogens (tertiary/aromatic N) is 3. The number of carbonyl (C=O) groups excluding carboxylic acids is 3. The van der Waals surface area contributed by atoms with Gasteiger partial charge < -0.3 is 19.4 Å². The molecule has 8 heteroatoms. The van der Waals surface area contributed by atoms with Crippen LogP contribution in [0.2, 0.25) is 0 Å². The van der Waals surface area contributed by atoms with Crippen LogP contribution in [0.3, 0.4) is 0 Å². The van der Waals surface area contributed by atoms with E-state index in [9.17, 15) is 18.8 Å². The van der Waals surface area contributed by atoms with Crippen molar-refractivity contribution < 1.29 is 23.5 Å². The van der Waals surface area contributed by atoms with Gasteiger partial charge in [0, 0.05) is 43.2 Å². The topological polar surface area (TPSA) is 70.2 Å². The molecule has 2 saturated heterocycles. The van der Waals surface area contributed by atoms with Crippen molar-refractivity contribution >= 4 is 23.5 Å². The summed E-state index contributed by atoms with van der Waals surface area (Å²) in [5.41, 5.74) is 1.21. The van der Waals surface area contributed by atoms with Gasteiger partial charge in [-0.2, -0.15) is 0 Å². The summed E-state index contributed by atoms with van der Waals surface area (Å²) in [6.07, 6.45) is 3.37. The van der Waals surface area contributed by atoms with Crippen LogP contribution in [-0.4, -0.2) is 73.0 Å². The van der Waals surface area contributed by atoms with Gasteiger partial charge in [-0.1, -0.05) is 6.92 Å². The molecule has 0 atom stereocenters. The van der Waals surface area contributed by atoms with E-state index < -0.39 is 11.7 Å². The largest absolute Gasteiger partial charge is 0.450 e. The van der Waals surface area contributed by atoms with Crippen molar-refractivity contribution in [2.75, 3.05) is 44.2 Å². The average molecular weight is 446 g/mol. The molecule has 0 aromatic heterocycles. The Morgan fingerprint density at radius 3 is 2.41 bits per heavy atom.